The van der Waals surface area contributed by atoms with Crippen molar-refractivity contribution in [2.45, 2.75) is 32.9 Å². The summed E-state index contributed by atoms with van der Waals surface area (Å²) in [5, 5.41) is 3.91. The van der Waals surface area contributed by atoms with E-state index in [-0.39, 0.29) is 24.3 Å². The summed E-state index contributed by atoms with van der Waals surface area (Å²) < 4.78 is 1.99. The highest BCUT2D eigenvalue weighted by molar-refractivity contribution is 5.98. The van der Waals surface area contributed by atoms with Gasteiger partial charge in [-0.2, -0.15) is 0 Å². The van der Waals surface area contributed by atoms with Crippen molar-refractivity contribution < 1.29 is 9.59 Å². The van der Waals surface area contributed by atoms with Gasteiger partial charge in [0.1, 0.15) is 11.9 Å². The van der Waals surface area contributed by atoms with Gasteiger partial charge in [-0.3, -0.25) is 14.6 Å². The van der Waals surface area contributed by atoms with E-state index in [4.69, 9.17) is 0 Å². The highest BCUT2D eigenvalue weighted by atomic mass is 16.2. The number of amides is 2. The lowest BCUT2D eigenvalue weighted by Gasteiger charge is -2.26. The second-order valence-corrected chi connectivity index (χ2v) is 6.91. The second-order valence-electron chi connectivity index (χ2n) is 6.91. The van der Waals surface area contributed by atoms with Gasteiger partial charge in [0.2, 0.25) is 11.8 Å². The fourth-order valence-corrected chi connectivity index (χ4v) is 3.95. The highest BCUT2D eigenvalue weighted by Gasteiger charge is 2.45. The van der Waals surface area contributed by atoms with Gasteiger partial charge in [-0.15, -0.1) is 0 Å². The number of imidazole rings is 1. The second kappa shape index (κ2) is 7.42. The molecular weight excluding hydrogens is 354 g/mol. The van der Waals surface area contributed by atoms with Crippen LogP contribution in [-0.4, -0.2) is 37.8 Å². The van der Waals surface area contributed by atoms with Crippen LogP contribution in [0.1, 0.15) is 32.1 Å². The average molecular weight is 377 g/mol. The maximum Gasteiger partial charge on any atom is 0.230 e. The molecule has 28 heavy (non-hydrogen) atoms. The number of nitrogens with one attached hydrogen (secondary N) is 1. The molecule has 0 bridgehead atoms. The van der Waals surface area contributed by atoms with Gasteiger partial charge in [0, 0.05) is 37.3 Å². The zero-order chi connectivity index (χ0) is 19.7. The maximum absolute atomic E-state index is 13.1. The molecule has 1 N–H and O–H groups in total. The summed E-state index contributed by atoms with van der Waals surface area (Å²) in [7, 11) is 0. The first-order valence-electron chi connectivity index (χ1n) is 9.58. The Balaban J connectivity index is 1.63. The molecule has 0 unspecified atom stereocenters. The topological polar surface area (TPSA) is 80.1 Å². The van der Waals surface area contributed by atoms with E-state index in [1.807, 2.05) is 54.9 Å². The van der Waals surface area contributed by atoms with Gasteiger partial charge >= 0.3 is 0 Å². The summed E-state index contributed by atoms with van der Waals surface area (Å²) in [4.78, 5) is 36.3. The Kier molecular flexibility index (Phi) is 4.81. The minimum Gasteiger partial charge on any atom is -0.333 e. The van der Waals surface area contributed by atoms with Gasteiger partial charge in [0.05, 0.1) is 23.3 Å². The zero-order valence-electron chi connectivity index (χ0n) is 16.0. The van der Waals surface area contributed by atoms with Gasteiger partial charge in [-0.25, -0.2) is 4.98 Å². The van der Waals surface area contributed by atoms with E-state index in [0.29, 0.717) is 12.2 Å². The number of nitrogens with zero attached hydrogens (tertiary/aromatic N) is 4. The monoisotopic (exact) mass is 377 g/mol. The number of anilines is 1. The summed E-state index contributed by atoms with van der Waals surface area (Å²) in [5.41, 5.74) is 1.50. The number of likely N-dealkylation sites (tertiary alicyclic amines) is 1. The lowest BCUT2D eigenvalue weighted by Crippen LogP contribution is -2.34. The fraction of sp³-hybridized carbons (Fsp3) is 0.333. The third-order valence-electron chi connectivity index (χ3n) is 5.32. The first kappa shape index (κ1) is 18.2. The normalized spacial score (nSPS) is 19.4. The van der Waals surface area contributed by atoms with E-state index in [1.54, 1.807) is 17.3 Å². The minimum absolute atomic E-state index is 0.0186. The van der Waals surface area contributed by atoms with Crippen LogP contribution in [0, 0.1) is 5.92 Å². The van der Waals surface area contributed by atoms with Crippen molar-refractivity contribution >= 4 is 28.4 Å². The molecule has 1 aromatic carbocycles. The van der Waals surface area contributed by atoms with E-state index in [9.17, 15) is 9.59 Å². The summed E-state index contributed by atoms with van der Waals surface area (Å²) in [6.45, 7) is 5.23. The predicted molar refractivity (Wildman–Crippen MR) is 107 cm³/mol. The smallest absolute Gasteiger partial charge is 0.230 e. The molecule has 2 atom stereocenters. The molecule has 1 saturated heterocycles. The number of carbonyl (C=O) groups excluding carboxylic acids is 2. The van der Waals surface area contributed by atoms with Crippen LogP contribution in [0.3, 0.4) is 0 Å². The molecule has 7 nitrogen and oxygen atoms in total. The van der Waals surface area contributed by atoms with E-state index < -0.39 is 5.92 Å². The van der Waals surface area contributed by atoms with E-state index in [0.717, 1.165) is 23.3 Å². The SMILES string of the molecule is CCN1C(=O)C[C@H](C(=O)Nc2cnc3ccccc3c2)[C@H]1c1nccn1CC. The molecule has 3 aromatic rings. The molecule has 2 aromatic heterocycles. The summed E-state index contributed by atoms with van der Waals surface area (Å²) >= 11 is 0. The van der Waals surface area contributed by atoms with Gasteiger partial charge in [-0.1, -0.05) is 18.2 Å². The molecule has 0 aliphatic carbocycles. The quantitative estimate of drug-likeness (QED) is 0.741. The van der Waals surface area contributed by atoms with Crippen molar-refractivity contribution in [2.24, 2.45) is 5.92 Å². The molecule has 7 heteroatoms. The van der Waals surface area contributed by atoms with Gasteiger partial charge in [0.15, 0.2) is 0 Å². The van der Waals surface area contributed by atoms with Crippen LogP contribution in [0.5, 0.6) is 0 Å². The Morgan fingerprint density at radius 1 is 1.21 bits per heavy atom. The Labute approximate surface area is 163 Å². The average Bonchev–Trinajstić information content (AvgIpc) is 3.31. The van der Waals surface area contributed by atoms with Crippen LogP contribution in [0.2, 0.25) is 0 Å². The Morgan fingerprint density at radius 3 is 2.82 bits per heavy atom. The molecule has 1 aliphatic heterocycles. The van der Waals surface area contributed by atoms with Crippen molar-refractivity contribution in [1.82, 2.24) is 19.4 Å². The summed E-state index contributed by atoms with van der Waals surface area (Å²) in [6.07, 6.45) is 5.43. The molecule has 0 radical (unpaired) electrons. The first-order chi connectivity index (χ1) is 13.6. The maximum atomic E-state index is 13.1. The number of aryl methyl sites for hydroxylation is 1. The Morgan fingerprint density at radius 2 is 2.04 bits per heavy atom. The zero-order valence-corrected chi connectivity index (χ0v) is 16.0. The molecule has 144 valence electrons. The molecule has 4 rings (SSSR count). The number of fused-ring (bicyclic) bond motifs is 1. The standard InChI is InChI=1S/C21H23N5O2/c1-3-25-10-9-22-20(25)19-16(12-18(27)26(19)4-2)21(28)24-15-11-14-7-5-6-8-17(14)23-13-15/h5-11,13,16,19H,3-4,12H2,1-2H3,(H,24,28)/t16-,19-/m0/s1. The number of hydrogen-bond donors (Lipinski definition) is 1. The summed E-state index contributed by atoms with van der Waals surface area (Å²) in [6, 6.07) is 9.28. The Hall–Kier alpha value is -3.22. The van der Waals surface area contributed by atoms with Crippen LogP contribution in [-0.2, 0) is 16.1 Å². The lowest BCUT2D eigenvalue weighted by molar-refractivity contribution is -0.129. The third-order valence-corrected chi connectivity index (χ3v) is 5.32. The molecule has 1 aliphatic rings. The third kappa shape index (κ3) is 3.13. The Bertz CT molecular complexity index is 1030. The number of benzene rings is 1. The minimum atomic E-state index is -0.494. The van der Waals surface area contributed by atoms with Crippen LogP contribution >= 0.6 is 0 Å². The largest absolute Gasteiger partial charge is 0.333 e. The number of rotatable bonds is 5. The van der Waals surface area contributed by atoms with Gasteiger partial charge in [0.25, 0.3) is 0 Å². The van der Waals surface area contributed by atoms with E-state index in [2.05, 4.69) is 15.3 Å². The number of para-hydroxylation sites is 1. The van der Waals surface area contributed by atoms with Crippen molar-refractivity contribution in [1.29, 1.82) is 0 Å². The number of aromatic nitrogens is 3. The van der Waals surface area contributed by atoms with E-state index >= 15 is 0 Å². The predicted octanol–water partition coefficient (Wildman–Crippen LogP) is 3.00. The fourth-order valence-electron chi connectivity index (χ4n) is 3.95. The van der Waals surface area contributed by atoms with E-state index in [1.165, 1.54) is 0 Å². The lowest BCUT2D eigenvalue weighted by atomic mass is 9.98. The van der Waals surface area contributed by atoms with Crippen LogP contribution in [0.25, 0.3) is 10.9 Å². The molecule has 0 spiro atoms. The van der Waals surface area contributed by atoms with Crippen molar-refractivity contribution in [3.8, 4) is 0 Å². The molecule has 1 fully saturated rings. The van der Waals surface area contributed by atoms with Gasteiger partial charge in [-0.05, 0) is 26.0 Å². The van der Waals surface area contributed by atoms with Crippen molar-refractivity contribution in [3.63, 3.8) is 0 Å². The number of carbonyl (C=O) groups is 2. The van der Waals surface area contributed by atoms with Crippen molar-refractivity contribution in [3.05, 3.63) is 54.7 Å². The highest BCUT2D eigenvalue weighted by Crippen LogP contribution is 2.38. The van der Waals surface area contributed by atoms with Crippen LogP contribution in [0.4, 0.5) is 5.69 Å². The van der Waals surface area contributed by atoms with Crippen LogP contribution < -0.4 is 5.32 Å². The number of pyridine rings is 1. The first-order valence-corrected chi connectivity index (χ1v) is 9.58. The van der Waals surface area contributed by atoms with Gasteiger partial charge < -0.3 is 14.8 Å². The molecule has 0 saturated carbocycles. The van der Waals surface area contributed by atoms with Crippen LogP contribution in [0.15, 0.2) is 48.9 Å². The number of hydrogen-bond acceptors (Lipinski definition) is 4. The summed E-state index contributed by atoms with van der Waals surface area (Å²) in [5.74, 6) is 0.0607. The van der Waals surface area contributed by atoms with Crippen molar-refractivity contribution in [2.75, 3.05) is 11.9 Å². The molecular formula is C21H23N5O2. The molecule has 2 amide bonds. The molecule has 3 heterocycles.